The second-order valence-corrected chi connectivity index (χ2v) is 13.3. The summed E-state index contributed by atoms with van der Waals surface area (Å²) in [4.78, 5) is 2.32. The zero-order chi connectivity index (χ0) is 34.4. The molecule has 0 N–H and O–H groups in total. The monoisotopic (exact) mass is 663 g/mol. The number of fused-ring (bicyclic) bond motifs is 6. The van der Waals surface area contributed by atoms with Gasteiger partial charge in [-0.3, -0.25) is 0 Å². The molecule has 10 aromatic rings. The van der Waals surface area contributed by atoms with Crippen LogP contribution in [0.15, 0.2) is 205 Å². The first-order valence-corrected chi connectivity index (χ1v) is 17.8. The van der Waals surface area contributed by atoms with Crippen LogP contribution in [0, 0.1) is 0 Å². The molecule has 2 nitrogen and oxygen atoms in total. The molecule has 10 rings (SSSR count). The Morgan fingerprint density at radius 1 is 0.346 bits per heavy atom. The highest BCUT2D eigenvalue weighted by molar-refractivity contribution is 6.18. The van der Waals surface area contributed by atoms with Crippen molar-refractivity contribution < 1.29 is 4.42 Å². The molecule has 0 saturated carbocycles. The number of hydrogen-bond donors (Lipinski definition) is 0. The minimum Gasteiger partial charge on any atom is -0.454 e. The molecular weight excluding hydrogens is 631 g/mol. The standard InChI is InChI=1S/C50H33NO/c1-3-13-34(14-4-1)35-25-29-39(30-26-35)51(47-23-12-22-45-43-19-9-10-24-48(43)52-50(45)47)40-31-27-37(28-32-40)46-33-38-17-7-8-18-41(38)44-21-11-20-42(49(44)46)36-15-5-2-6-16-36/h1-33H. The molecule has 2 heteroatoms. The number of rotatable bonds is 6. The first-order valence-electron chi connectivity index (χ1n) is 17.8. The average molecular weight is 664 g/mol. The largest absolute Gasteiger partial charge is 0.454 e. The summed E-state index contributed by atoms with van der Waals surface area (Å²) in [6, 6.07) is 71.6. The normalized spacial score (nSPS) is 11.5. The summed E-state index contributed by atoms with van der Waals surface area (Å²) >= 11 is 0. The van der Waals surface area contributed by atoms with Crippen LogP contribution in [-0.2, 0) is 0 Å². The smallest absolute Gasteiger partial charge is 0.159 e. The fourth-order valence-electron chi connectivity index (χ4n) is 7.81. The molecule has 244 valence electrons. The molecule has 0 saturated heterocycles. The third kappa shape index (κ3) is 5.04. The van der Waals surface area contributed by atoms with Crippen LogP contribution in [0.5, 0.6) is 0 Å². The Morgan fingerprint density at radius 3 is 1.63 bits per heavy atom. The highest BCUT2D eigenvalue weighted by atomic mass is 16.3. The molecule has 0 atom stereocenters. The van der Waals surface area contributed by atoms with Gasteiger partial charge >= 0.3 is 0 Å². The van der Waals surface area contributed by atoms with Crippen LogP contribution >= 0.6 is 0 Å². The Bertz CT molecular complexity index is 2870. The van der Waals surface area contributed by atoms with Gasteiger partial charge in [0.15, 0.2) is 5.58 Å². The van der Waals surface area contributed by atoms with Gasteiger partial charge in [-0.1, -0.05) is 158 Å². The fourth-order valence-corrected chi connectivity index (χ4v) is 7.81. The van der Waals surface area contributed by atoms with E-state index in [1.807, 2.05) is 12.1 Å². The van der Waals surface area contributed by atoms with Crippen molar-refractivity contribution >= 4 is 60.5 Å². The highest BCUT2D eigenvalue weighted by Gasteiger charge is 2.20. The molecule has 0 radical (unpaired) electrons. The number of benzene rings is 9. The summed E-state index contributed by atoms with van der Waals surface area (Å²) in [6.45, 7) is 0. The third-order valence-electron chi connectivity index (χ3n) is 10.3. The number of para-hydroxylation sites is 2. The molecule has 0 aliphatic heterocycles. The van der Waals surface area contributed by atoms with Crippen molar-refractivity contribution in [1.29, 1.82) is 0 Å². The summed E-state index contributed by atoms with van der Waals surface area (Å²) in [5.74, 6) is 0. The van der Waals surface area contributed by atoms with E-state index in [0.717, 1.165) is 39.0 Å². The third-order valence-corrected chi connectivity index (χ3v) is 10.3. The Morgan fingerprint density at radius 2 is 0.885 bits per heavy atom. The lowest BCUT2D eigenvalue weighted by atomic mass is 9.88. The maximum atomic E-state index is 6.60. The minimum absolute atomic E-state index is 0.868. The fraction of sp³-hybridized carbons (Fsp3) is 0. The molecule has 0 bridgehead atoms. The first-order chi connectivity index (χ1) is 25.8. The van der Waals surface area contributed by atoms with E-state index in [4.69, 9.17) is 4.42 Å². The Labute approximate surface area is 302 Å². The van der Waals surface area contributed by atoms with E-state index in [1.165, 1.54) is 54.9 Å². The Balaban J connectivity index is 1.16. The van der Waals surface area contributed by atoms with E-state index < -0.39 is 0 Å². The van der Waals surface area contributed by atoms with Crippen molar-refractivity contribution in [1.82, 2.24) is 0 Å². The van der Waals surface area contributed by atoms with Crippen molar-refractivity contribution in [3.05, 3.63) is 200 Å². The highest BCUT2D eigenvalue weighted by Crippen LogP contribution is 2.45. The molecule has 0 spiro atoms. The maximum absolute atomic E-state index is 6.60. The second kappa shape index (κ2) is 12.5. The molecule has 1 aromatic heterocycles. The van der Waals surface area contributed by atoms with Crippen LogP contribution in [0.3, 0.4) is 0 Å². The van der Waals surface area contributed by atoms with E-state index >= 15 is 0 Å². The summed E-state index contributed by atoms with van der Waals surface area (Å²) in [5, 5.41) is 7.24. The summed E-state index contributed by atoms with van der Waals surface area (Å²) in [7, 11) is 0. The minimum atomic E-state index is 0.868. The lowest BCUT2D eigenvalue weighted by molar-refractivity contribution is 0.669. The van der Waals surface area contributed by atoms with Crippen LogP contribution in [0.2, 0.25) is 0 Å². The van der Waals surface area contributed by atoms with Crippen LogP contribution < -0.4 is 4.90 Å². The molecule has 0 amide bonds. The van der Waals surface area contributed by atoms with E-state index in [2.05, 4.69) is 193 Å². The topological polar surface area (TPSA) is 16.4 Å². The predicted molar refractivity (Wildman–Crippen MR) is 220 cm³/mol. The first kappa shape index (κ1) is 30.0. The van der Waals surface area contributed by atoms with Gasteiger partial charge in [-0.05, 0) is 97.4 Å². The van der Waals surface area contributed by atoms with Crippen molar-refractivity contribution in [2.75, 3.05) is 4.90 Å². The number of anilines is 3. The van der Waals surface area contributed by atoms with Gasteiger partial charge in [0, 0.05) is 22.1 Å². The summed E-state index contributed by atoms with van der Waals surface area (Å²) in [6.07, 6.45) is 0. The van der Waals surface area contributed by atoms with Crippen molar-refractivity contribution in [2.24, 2.45) is 0 Å². The van der Waals surface area contributed by atoms with Crippen LogP contribution in [0.25, 0.3) is 76.9 Å². The quantitative estimate of drug-likeness (QED) is 0.165. The van der Waals surface area contributed by atoms with Gasteiger partial charge in [-0.15, -0.1) is 0 Å². The molecule has 0 unspecified atom stereocenters. The van der Waals surface area contributed by atoms with Gasteiger partial charge in [0.1, 0.15) is 5.58 Å². The van der Waals surface area contributed by atoms with Crippen molar-refractivity contribution in [3.63, 3.8) is 0 Å². The number of nitrogens with zero attached hydrogens (tertiary/aromatic N) is 1. The predicted octanol–water partition coefficient (Wildman–Crippen LogP) is 14.4. The van der Waals surface area contributed by atoms with Gasteiger partial charge in [-0.2, -0.15) is 0 Å². The lowest BCUT2D eigenvalue weighted by Crippen LogP contribution is -2.10. The molecule has 0 aliphatic rings. The van der Waals surface area contributed by atoms with E-state index in [0.29, 0.717) is 0 Å². The van der Waals surface area contributed by atoms with Gasteiger partial charge in [-0.25, -0.2) is 0 Å². The Kier molecular flexibility index (Phi) is 7.18. The SMILES string of the molecule is c1ccc(-c2ccc(N(c3ccc(-c4cc5ccccc5c5cccc(-c6ccccc6)c45)cc3)c3cccc4c3oc3ccccc34)cc2)cc1. The number of furan rings is 1. The van der Waals surface area contributed by atoms with Gasteiger partial charge in [0.25, 0.3) is 0 Å². The Hall–Kier alpha value is -6.90. The van der Waals surface area contributed by atoms with E-state index in [-0.39, 0.29) is 0 Å². The molecule has 52 heavy (non-hydrogen) atoms. The van der Waals surface area contributed by atoms with Gasteiger partial charge in [0.05, 0.1) is 5.69 Å². The van der Waals surface area contributed by atoms with Crippen molar-refractivity contribution in [3.8, 4) is 33.4 Å². The summed E-state index contributed by atoms with van der Waals surface area (Å²) in [5.41, 5.74) is 12.1. The maximum Gasteiger partial charge on any atom is 0.159 e. The molecule has 1 heterocycles. The molecule has 0 aliphatic carbocycles. The van der Waals surface area contributed by atoms with Crippen LogP contribution in [0.4, 0.5) is 17.1 Å². The molecule has 9 aromatic carbocycles. The molecular formula is C50H33NO. The molecule has 0 fully saturated rings. The van der Waals surface area contributed by atoms with Gasteiger partial charge < -0.3 is 9.32 Å². The van der Waals surface area contributed by atoms with Gasteiger partial charge in [0.2, 0.25) is 0 Å². The average Bonchev–Trinajstić information content (AvgIpc) is 3.61. The number of hydrogen-bond acceptors (Lipinski definition) is 2. The zero-order valence-electron chi connectivity index (χ0n) is 28.4. The summed E-state index contributed by atoms with van der Waals surface area (Å²) < 4.78 is 6.60. The second-order valence-electron chi connectivity index (χ2n) is 13.3. The van der Waals surface area contributed by atoms with E-state index in [9.17, 15) is 0 Å². The lowest BCUT2D eigenvalue weighted by Gasteiger charge is -2.26. The zero-order valence-corrected chi connectivity index (χ0v) is 28.4. The van der Waals surface area contributed by atoms with Crippen LogP contribution in [0.1, 0.15) is 0 Å². The van der Waals surface area contributed by atoms with E-state index in [1.54, 1.807) is 0 Å². The van der Waals surface area contributed by atoms with Crippen LogP contribution in [-0.4, -0.2) is 0 Å². The van der Waals surface area contributed by atoms with Crippen molar-refractivity contribution in [2.45, 2.75) is 0 Å².